The van der Waals surface area contributed by atoms with Crippen LogP contribution in [0.3, 0.4) is 0 Å². The van der Waals surface area contributed by atoms with Gasteiger partial charge >= 0.3 is 0 Å². The summed E-state index contributed by atoms with van der Waals surface area (Å²) in [5.74, 6) is 0.422. The van der Waals surface area contributed by atoms with E-state index in [4.69, 9.17) is 0 Å². The second-order valence-electron chi connectivity index (χ2n) is 8.37. The van der Waals surface area contributed by atoms with Crippen molar-refractivity contribution in [2.75, 3.05) is 52.9 Å². The number of piperidine rings is 1. The molecule has 2 aromatic carbocycles. The zero-order valence-electron chi connectivity index (χ0n) is 17.2. The third-order valence-corrected chi connectivity index (χ3v) is 8.07. The second kappa shape index (κ2) is 8.96. The van der Waals surface area contributed by atoms with Gasteiger partial charge in [0.15, 0.2) is 0 Å². The summed E-state index contributed by atoms with van der Waals surface area (Å²) in [6, 6.07) is 17.4. The predicted molar refractivity (Wildman–Crippen MR) is 117 cm³/mol. The Kier molecular flexibility index (Phi) is 6.35. The Hall–Kier alpha value is -1.73. The average Bonchev–Trinajstić information content (AvgIpc) is 2.76. The first kappa shape index (κ1) is 20.5. The SMILES string of the molecule is CN1CCN(C[C@H]2CCCN(S(=O)(=O)c3ccc(-c4ccccc4)cc3)C2)CC1. The molecule has 5 nitrogen and oxygen atoms in total. The molecule has 0 unspecified atom stereocenters. The van der Waals surface area contributed by atoms with Gasteiger partial charge in [-0.1, -0.05) is 42.5 Å². The second-order valence-corrected chi connectivity index (χ2v) is 10.3. The summed E-state index contributed by atoms with van der Waals surface area (Å²) in [6.45, 7) is 6.64. The summed E-state index contributed by atoms with van der Waals surface area (Å²) in [6.07, 6.45) is 2.06. The van der Waals surface area contributed by atoms with Crippen LogP contribution in [0.15, 0.2) is 59.5 Å². The summed E-state index contributed by atoms with van der Waals surface area (Å²) in [5.41, 5.74) is 2.14. The largest absolute Gasteiger partial charge is 0.304 e. The van der Waals surface area contributed by atoms with Gasteiger partial charge in [-0.3, -0.25) is 0 Å². The van der Waals surface area contributed by atoms with Crippen molar-refractivity contribution in [3.63, 3.8) is 0 Å². The van der Waals surface area contributed by atoms with Gasteiger partial charge in [-0.2, -0.15) is 4.31 Å². The molecule has 0 radical (unpaired) electrons. The van der Waals surface area contributed by atoms with E-state index in [1.165, 1.54) is 0 Å². The summed E-state index contributed by atoms with van der Waals surface area (Å²) in [4.78, 5) is 5.25. The number of benzene rings is 2. The lowest BCUT2D eigenvalue weighted by Gasteiger charge is -2.38. The van der Waals surface area contributed by atoms with Crippen LogP contribution < -0.4 is 0 Å². The molecule has 0 aromatic heterocycles. The Morgan fingerprint density at radius 1 is 0.862 bits per heavy atom. The van der Waals surface area contributed by atoms with E-state index in [2.05, 4.69) is 16.8 Å². The van der Waals surface area contributed by atoms with E-state index >= 15 is 0 Å². The number of likely N-dealkylation sites (N-methyl/N-ethyl adjacent to an activating group) is 1. The maximum Gasteiger partial charge on any atom is 0.243 e. The molecule has 0 saturated carbocycles. The van der Waals surface area contributed by atoms with E-state index in [0.717, 1.165) is 56.7 Å². The fourth-order valence-corrected chi connectivity index (χ4v) is 5.94. The van der Waals surface area contributed by atoms with Crippen LogP contribution in [0.1, 0.15) is 12.8 Å². The molecule has 2 saturated heterocycles. The van der Waals surface area contributed by atoms with Gasteiger partial charge in [0.25, 0.3) is 0 Å². The molecule has 0 aliphatic carbocycles. The van der Waals surface area contributed by atoms with Crippen molar-refractivity contribution in [1.82, 2.24) is 14.1 Å². The summed E-state index contributed by atoms with van der Waals surface area (Å²) >= 11 is 0. The molecule has 29 heavy (non-hydrogen) atoms. The third-order valence-electron chi connectivity index (χ3n) is 6.19. The van der Waals surface area contributed by atoms with Gasteiger partial charge in [0.05, 0.1) is 4.90 Å². The molecule has 4 rings (SSSR count). The van der Waals surface area contributed by atoms with Crippen molar-refractivity contribution in [3.8, 4) is 11.1 Å². The molecule has 2 aliphatic heterocycles. The normalized spacial score (nSPS) is 22.6. The predicted octanol–water partition coefficient (Wildman–Crippen LogP) is 3.00. The first-order chi connectivity index (χ1) is 14.0. The Balaban J connectivity index is 1.42. The van der Waals surface area contributed by atoms with Crippen LogP contribution in [0, 0.1) is 5.92 Å². The monoisotopic (exact) mass is 413 g/mol. The van der Waals surface area contributed by atoms with Crippen LogP contribution in [-0.4, -0.2) is 75.4 Å². The van der Waals surface area contributed by atoms with Crippen LogP contribution in [0.25, 0.3) is 11.1 Å². The van der Waals surface area contributed by atoms with Crippen molar-refractivity contribution < 1.29 is 8.42 Å². The van der Waals surface area contributed by atoms with Gasteiger partial charge in [-0.25, -0.2) is 8.42 Å². The number of rotatable bonds is 5. The van der Waals surface area contributed by atoms with Crippen LogP contribution in [0.4, 0.5) is 0 Å². The van der Waals surface area contributed by atoms with Gasteiger partial charge < -0.3 is 9.80 Å². The molecule has 1 atom stereocenters. The first-order valence-corrected chi connectivity index (χ1v) is 12.0. The quantitative estimate of drug-likeness (QED) is 0.756. The molecule has 0 amide bonds. The smallest absolute Gasteiger partial charge is 0.243 e. The van der Waals surface area contributed by atoms with E-state index in [-0.39, 0.29) is 0 Å². The van der Waals surface area contributed by atoms with Crippen LogP contribution >= 0.6 is 0 Å². The minimum atomic E-state index is -3.44. The molecule has 2 aromatic rings. The van der Waals surface area contributed by atoms with Gasteiger partial charge in [-0.15, -0.1) is 0 Å². The molecule has 6 heteroatoms. The Morgan fingerprint density at radius 2 is 1.52 bits per heavy atom. The van der Waals surface area contributed by atoms with Gasteiger partial charge in [0.2, 0.25) is 10.0 Å². The lowest BCUT2D eigenvalue weighted by atomic mass is 9.99. The number of piperazine rings is 1. The molecular formula is C23H31N3O2S. The molecule has 0 bridgehead atoms. The Labute approximate surface area is 175 Å². The van der Waals surface area contributed by atoms with E-state index in [1.807, 2.05) is 42.5 Å². The highest BCUT2D eigenvalue weighted by Crippen LogP contribution is 2.27. The van der Waals surface area contributed by atoms with Gasteiger partial charge in [-0.05, 0) is 49.1 Å². The topological polar surface area (TPSA) is 43.9 Å². The summed E-state index contributed by atoms with van der Waals surface area (Å²) in [5, 5.41) is 0. The van der Waals surface area contributed by atoms with Gasteiger partial charge in [0.1, 0.15) is 0 Å². The van der Waals surface area contributed by atoms with Crippen LogP contribution in [-0.2, 0) is 10.0 Å². The first-order valence-electron chi connectivity index (χ1n) is 10.6. The lowest BCUT2D eigenvalue weighted by Crippen LogP contribution is -2.49. The average molecular weight is 414 g/mol. The number of nitrogens with zero attached hydrogens (tertiary/aromatic N) is 3. The minimum absolute atomic E-state index is 0.400. The molecule has 0 spiro atoms. The van der Waals surface area contributed by atoms with E-state index < -0.39 is 10.0 Å². The van der Waals surface area contributed by atoms with E-state index in [9.17, 15) is 8.42 Å². The highest BCUT2D eigenvalue weighted by molar-refractivity contribution is 7.89. The Morgan fingerprint density at radius 3 is 2.21 bits per heavy atom. The van der Waals surface area contributed by atoms with Crippen molar-refractivity contribution >= 4 is 10.0 Å². The van der Waals surface area contributed by atoms with E-state index in [0.29, 0.717) is 23.9 Å². The van der Waals surface area contributed by atoms with Crippen molar-refractivity contribution in [1.29, 1.82) is 0 Å². The fraction of sp³-hybridized carbons (Fsp3) is 0.478. The highest BCUT2D eigenvalue weighted by atomic mass is 32.2. The van der Waals surface area contributed by atoms with Crippen molar-refractivity contribution in [3.05, 3.63) is 54.6 Å². The molecule has 156 valence electrons. The number of sulfonamides is 1. The Bertz CT molecular complexity index is 891. The number of hydrogen-bond acceptors (Lipinski definition) is 4. The zero-order valence-corrected chi connectivity index (χ0v) is 18.0. The maximum absolute atomic E-state index is 13.2. The third kappa shape index (κ3) is 4.89. The zero-order chi connectivity index (χ0) is 20.3. The lowest BCUT2D eigenvalue weighted by molar-refractivity contribution is 0.118. The maximum atomic E-state index is 13.2. The standard InChI is InChI=1S/C23H31N3O2S/c1-24-14-16-25(17-15-24)18-20-6-5-13-26(19-20)29(27,28)23-11-9-22(10-12-23)21-7-3-2-4-8-21/h2-4,7-12,20H,5-6,13-19H2,1H3/t20-/m1/s1. The van der Waals surface area contributed by atoms with Gasteiger partial charge in [0, 0.05) is 45.8 Å². The molecule has 2 heterocycles. The summed E-state index contributed by atoms with van der Waals surface area (Å²) in [7, 11) is -1.27. The van der Waals surface area contributed by atoms with E-state index in [1.54, 1.807) is 16.4 Å². The summed E-state index contributed by atoms with van der Waals surface area (Å²) < 4.78 is 28.1. The molecule has 2 fully saturated rings. The van der Waals surface area contributed by atoms with Crippen LogP contribution in [0.5, 0.6) is 0 Å². The fourth-order valence-electron chi connectivity index (χ4n) is 4.39. The molecular weight excluding hydrogens is 382 g/mol. The van der Waals surface area contributed by atoms with Crippen molar-refractivity contribution in [2.24, 2.45) is 5.92 Å². The van der Waals surface area contributed by atoms with Crippen LogP contribution in [0.2, 0.25) is 0 Å². The molecule has 2 aliphatic rings. The highest BCUT2D eigenvalue weighted by Gasteiger charge is 2.31. The molecule has 0 N–H and O–H groups in total. The van der Waals surface area contributed by atoms with Crippen molar-refractivity contribution in [2.45, 2.75) is 17.7 Å². The minimum Gasteiger partial charge on any atom is -0.304 e. The number of hydrogen-bond donors (Lipinski definition) is 0.